The van der Waals surface area contributed by atoms with Gasteiger partial charge in [0.1, 0.15) is 0 Å². The lowest BCUT2D eigenvalue weighted by Crippen LogP contribution is -2.59. The van der Waals surface area contributed by atoms with Crippen LogP contribution in [0, 0.1) is 21.8 Å². The molecule has 9 heteroatoms. The van der Waals surface area contributed by atoms with Gasteiger partial charge in [-0.1, -0.05) is 25.8 Å². The summed E-state index contributed by atoms with van der Waals surface area (Å²) >= 11 is 0. The van der Waals surface area contributed by atoms with E-state index >= 15 is 0 Å². The predicted octanol–water partition coefficient (Wildman–Crippen LogP) is 1.92. The maximum absolute atomic E-state index is 13.7. The monoisotopic (exact) mass is 345 g/mol. The molecule has 1 fully saturated rings. The molecule has 7 nitrogen and oxygen atoms in total. The number of benzene rings is 1. The van der Waals surface area contributed by atoms with Crippen molar-refractivity contribution in [2.75, 3.05) is 6.54 Å². The van der Waals surface area contributed by atoms with E-state index < -0.39 is 36.9 Å². The number of nitro benzene ring substituents is 1. The number of hydrogen-bond donors (Lipinski definition) is 2. The highest BCUT2D eigenvalue weighted by molar-refractivity contribution is 7.89. The third kappa shape index (κ3) is 3.36. The minimum Gasteiger partial charge on any atom is -0.329 e. The summed E-state index contributed by atoms with van der Waals surface area (Å²) in [4.78, 5) is 9.35. The van der Waals surface area contributed by atoms with Crippen LogP contribution in [0.3, 0.4) is 0 Å². The second-order valence-electron chi connectivity index (χ2n) is 5.96. The molecule has 3 N–H and O–H groups in total. The molecule has 0 aliphatic heterocycles. The average Bonchev–Trinajstić information content (AvgIpc) is 2.49. The van der Waals surface area contributed by atoms with Crippen molar-refractivity contribution in [1.82, 2.24) is 4.72 Å². The molecule has 0 saturated heterocycles. The molecule has 2 unspecified atom stereocenters. The zero-order valence-electron chi connectivity index (χ0n) is 12.8. The molecular weight excluding hydrogens is 325 g/mol. The van der Waals surface area contributed by atoms with Crippen molar-refractivity contribution in [3.8, 4) is 0 Å². The minimum absolute atomic E-state index is 0.0105. The summed E-state index contributed by atoms with van der Waals surface area (Å²) in [5.74, 6) is -1.19. The average molecular weight is 345 g/mol. The normalized spacial score (nSPS) is 25.3. The first-order valence-corrected chi connectivity index (χ1v) is 8.89. The van der Waals surface area contributed by atoms with E-state index in [-0.39, 0.29) is 12.5 Å². The summed E-state index contributed by atoms with van der Waals surface area (Å²) < 4.78 is 41.5. The van der Waals surface area contributed by atoms with E-state index in [1.807, 2.05) is 6.92 Å². The van der Waals surface area contributed by atoms with Crippen LogP contribution in [0.2, 0.25) is 0 Å². The largest absolute Gasteiger partial charge is 0.329 e. The van der Waals surface area contributed by atoms with Crippen LogP contribution in [0.5, 0.6) is 0 Å². The van der Waals surface area contributed by atoms with Gasteiger partial charge in [0.25, 0.3) is 0 Å². The highest BCUT2D eigenvalue weighted by atomic mass is 32.2. The van der Waals surface area contributed by atoms with Crippen molar-refractivity contribution in [2.45, 2.75) is 43.0 Å². The molecule has 0 aromatic heterocycles. The van der Waals surface area contributed by atoms with Gasteiger partial charge in [0.2, 0.25) is 15.8 Å². The van der Waals surface area contributed by atoms with E-state index in [9.17, 15) is 22.9 Å². The maximum atomic E-state index is 13.7. The number of rotatable bonds is 5. The van der Waals surface area contributed by atoms with Gasteiger partial charge in [0.15, 0.2) is 4.90 Å². The Morgan fingerprint density at radius 2 is 2.17 bits per heavy atom. The topological polar surface area (TPSA) is 115 Å². The summed E-state index contributed by atoms with van der Waals surface area (Å²) in [5, 5.41) is 11.0. The van der Waals surface area contributed by atoms with E-state index in [4.69, 9.17) is 5.73 Å². The fourth-order valence-corrected chi connectivity index (χ4v) is 4.84. The molecule has 0 heterocycles. The van der Waals surface area contributed by atoms with Crippen LogP contribution in [0.4, 0.5) is 10.1 Å². The lowest BCUT2D eigenvalue weighted by molar-refractivity contribution is -0.390. The summed E-state index contributed by atoms with van der Waals surface area (Å²) in [6, 6.07) is 3.02. The van der Waals surface area contributed by atoms with E-state index in [2.05, 4.69) is 4.72 Å². The number of nitrogens with two attached hydrogens (primary N) is 1. The first-order chi connectivity index (χ1) is 10.7. The lowest BCUT2D eigenvalue weighted by atomic mass is 9.74. The van der Waals surface area contributed by atoms with Crippen LogP contribution >= 0.6 is 0 Å². The zero-order chi connectivity index (χ0) is 17.3. The van der Waals surface area contributed by atoms with Gasteiger partial charge in [-0.2, -0.15) is 4.39 Å². The number of hydrogen-bond acceptors (Lipinski definition) is 5. The Balaban J connectivity index is 2.47. The summed E-state index contributed by atoms with van der Waals surface area (Å²) in [7, 11) is -4.27. The zero-order valence-corrected chi connectivity index (χ0v) is 13.6. The molecule has 1 aromatic rings. The number of nitrogens with zero attached hydrogens (tertiary/aromatic N) is 1. The van der Waals surface area contributed by atoms with Crippen molar-refractivity contribution in [3.05, 3.63) is 34.1 Å². The van der Waals surface area contributed by atoms with E-state index in [1.165, 1.54) is 0 Å². The molecule has 1 aliphatic carbocycles. The molecule has 2 atom stereocenters. The SMILES string of the molecule is CC1CCCCC1(CN)NS(=O)(=O)c1cccc(F)c1[N+](=O)[O-]. The predicted molar refractivity (Wildman–Crippen MR) is 82.8 cm³/mol. The molecule has 1 aromatic carbocycles. The van der Waals surface area contributed by atoms with Gasteiger partial charge in [-0.15, -0.1) is 0 Å². The molecule has 128 valence electrons. The van der Waals surface area contributed by atoms with E-state index in [1.54, 1.807) is 0 Å². The smallest absolute Gasteiger partial charge is 0.324 e. The van der Waals surface area contributed by atoms with Gasteiger partial charge < -0.3 is 5.73 Å². The fourth-order valence-electron chi connectivity index (χ4n) is 3.12. The Morgan fingerprint density at radius 3 is 2.74 bits per heavy atom. The fraction of sp³-hybridized carbons (Fsp3) is 0.571. The van der Waals surface area contributed by atoms with Gasteiger partial charge in [-0.3, -0.25) is 10.1 Å². The molecule has 0 radical (unpaired) electrons. The molecule has 2 rings (SSSR count). The minimum atomic E-state index is -4.27. The van der Waals surface area contributed by atoms with Crippen LogP contribution in [-0.2, 0) is 10.0 Å². The van der Waals surface area contributed by atoms with Crippen LogP contribution in [0.25, 0.3) is 0 Å². The third-order valence-corrected chi connectivity index (χ3v) is 6.16. The Bertz CT molecular complexity index is 710. The van der Waals surface area contributed by atoms with Crippen molar-refractivity contribution in [1.29, 1.82) is 0 Å². The first kappa shape index (κ1) is 17.8. The van der Waals surface area contributed by atoms with Crippen molar-refractivity contribution in [2.24, 2.45) is 11.7 Å². The first-order valence-electron chi connectivity index (χ1n) is 7.40. The molecule has 0 bridgehead atoms. The van der Waals surface area contributed by atoms with Crippen LogP contribution in [-0.4, -0.2) is 25.4 Å². The van der Waals surface area contributed by atoms with Gasteiger partial charge in [-0.25, -0.2) is 13.1 Å². The van der Waals surface area contributed by atoms with Crippen LogP contribution in [0.1, 0.15) is 32.6 Å². The summed E-state index contributed by atoms with van der Waals surface area (Å²) in [6.07, 6.45) is 3.15. The quantitative estimate of drug-likeness (QED) is 0.625. The number of nitrogens with one attached hydrogen (secondary N) is 1. The van der Waals surface area contributed by atoms with Crippen molar-refractivity contribution < 1.29 is 17.7 Å². The Hall–Kier alpha value is -1.58. The van der Waals surface area contributed by atoms with Crippen molar-refractivity contribution in [3.63, 3.8) is 0 Å². The van der Waals surface area contributed by atoms with Crippen LogP contribution in [0.15, 0.2) is 23.1 Å². The third-order valence-electron chi connectivity index (χ3n) is 4.58. The molecular formula is C14H20FN3O4S. The van der Waals surface area contributed by atoms with E-state index in [0.29, 0.717) is 6.42 Å². The number of para-hydroxylation sites is 1. The highest BCUT2D eigenvalue weighted by Crippen LogP contribution is 2.35. The molecule has 1 saturated carbocycles. The Labute approximate surface area is 134 Å². The second-order valence-corrected chi connectivity index (χ2v) is 7.61. The maximum Gasteiger partial charge on any atom is 0.324 e. The molecule has 1 aliphatic rings. The van der Waals surface area contributed by atoms with Gasteiger partial charge >= 0.3 is 5.69 Å². The molecule has 0 amide bonds. The molecule has 23 heavy (non-hydrogen) atoms. The standard InChI is InChI=1S/C14H20FN3O4S/c1-10-5-2-3-8-14(10,9-16)17-23(21,22)12-7-4-6-11(15)13(12)18(19)20/h4,6-7,10,17H,2-3,5,8-9,16H2,1H3. The Morgan fingerprint density at radius 1 is 1.48 bits per heavy atom. The summed E-state index contributed by atoms with van der Waals surface area (Å²) in [6.45, 7) is 1.98. The summed E-state index contributed by atoms with van der Waals surface area (Å²) in [5.41, 5.74) is 3.90. The highest BCUT2D eigenvalue weighted by Gasteiger charge is 2.42. The van der Waals surface area contributed by atoms with Gasteiger partial charge in [0.05, 0.1) is 4.92 Å². The van der Waals surface area contributed by atoms with E-state index in [0.717, 1.165) is 37.5 Å². The molecule has 0 spiro atoms. The van der Waals surface area contributed by atoms with Crippen molar-refractivity contribution >= 4 is 15.7 Å². The van der Waals surface area contributed by atoms with Crippen LogP contribution < -0.4 is 10.5 Å². The number of halogens is 1. The number of nitro groups is 1. The van der Waals surface area contributed by atoms with Gasteiger partial charge in [-0.05, 0) is 30.9 Å². The Kier molecular flexibility index (Phi) is 5.02. The van der Waals surface area contributed by atoms with Gasteiger partial charge in [0, 0.05) is 12.1 Å². The second kappa shape index (κ2) is 6.50. The number of sulfonamides is 1. The lowest BCUT2D eigenvalue weighted by Gasteiger charge is -2.42.